The Balaban J connectivity index is 2.04. The molecule has 1 heterocycles. The van der Waals surface area contributed by atoms with Gasteiger partial charge in [0, 0.05) is 12.0 Å². The number of likely N-dealkylation sites (N-methyl/N-ethyl adjacent to an activating group) is 1. The van der Waals surface area contributed by atoms with Crippen molar-refractivity contribution in [1.29, 1.82) is 0 Å². The Hall–Kier alpha value is -0.860. The first kappa shape index (κ1) is 11.6. The van der Waals surface area contributed by atoms with Crippen LogP contribution in [0.2, 0.25) is 0 Å². The van der Waals surface area contributed by atoms with Crippen molar-refractivity contribution in [3.8, 4) is 0 Å². The predicted molar refractivity (Wildman–Crippen MR) is 67.8 cm³/mol. The third-order valence-electron chi connectivity index (χ3n) is 3.91. The molecule has 16 heavy (non-hydrogen) atoms. The molecule has 0 aromatic heterocycles. The fraction of sp³-hybridized carbons (Fsp3) is 0.571. The monoisotopic (exact) mass is 219 g/mol. The van der Waals surface area contributed by atoms with Crippen LogP contribution in [0.1, 0.15) is 18.9 Å². The molecule has 1 aromatic carbocycles. The van der Waals surface area contributed by atoms with Crippen LogP contribution in [0, 0.1) is 5.92 Å². The first-order valence-electron chi connectivity index (χ1n) is 6.22. The standard InChI is InChI=1S/C14H23N2/c1-12-8-9-16(2,11-14(12)15)10-13-6-4-3-5-7-13/h3-7,12,14H,8-11,15H2,1-2H3/q+1/t12-,14+,16?/m0/s1. The molecule has 1 saturated heterocycles. The molecule has 1 aliphatic heterocycles. The lowest BCUT2D eigenvalue weighted by Gasteiger charge is -2.43. The molecule has 0 spiro atoms. The number of benzene rings is 1. The number of nitrogens with zero attached hydrogens (tertiary/aromatic N) is 1. The quantitative estimate of drug-likeness (QED) is 0.756. The van der Waals surface area contributed by atoms with E-state index in [1.54, 1.807) is 0 Å². The average molecular weight is 219 g/mol. The lowest BCUT2D eigenvalue weighted by atomic mass is 9.92. The number of rotatable bonds is 2. The van der Waals surface area contributed by atoms with Gasteiger partial charge in [-0.1, -0.05) is 37.3 Å². The minimum atomic E-state index is 0.363. The maximum atomic E-state index is 6.19. The summed E-state index contributed by atoms with van der Waals surface area (Å²) in [7, 11) is 2.33. The van der Waals surface area contributed by atoms with E-state index in [-0.39, 0.29) is 0 Å². The van der Waals surface area contributed by atoms with Gasteiger partial charge in [0.2, 0.25) is 0 Å². The number of piperidine rings is 1. The van der Waals surface area contributed by atoms with Crippen molar-refractivity contribution in [2.75, 3.05) is 20.1 Å². The summed E-state index contributed by atoms with van der Waals surface area (Å²) in [6.45, 7) is 5.75. The number of likely N-dealkylation sites (tertiary alicyclic amines) is 1. The van der Waals surface area contributed by atoms with Gasteiger partial charge in [0.1, 0.15) is 6.54 Å². The molecular weight excluding hydrogens is 196 g/mol. The summed E-state index contributed by atoms with van der Waals surface area (Å²) in [6.07, 6.45) is 1.25. The lowest BCUT2D eigenvalue weighted by Crippen LogP contribution is -2.57. The van der Waals surface area contributed by atoms with Crippen molar-refractivity contribution in [3.63, 3.8) is 0 Å². The predicted octanol–water partition coefficient (Wildman–Crippen LogP) is 2.00. The molecular formula is C14H23N2+. The maximum absolute atomic E-state index is 6.19. The van der Waals surface area contributed by atoms with Crippen LogP contribution in [0.15, 0.2) is 30.3 Å². The van der Waals surface area contributed by atoms with Crippen molar-refractivity contribution in [1.82, 2.24) is 0 Å². The van der Waals surface area contributed by atoms with Gasteiger partial charge < -0.3 is 10.2 Å². The Bertz CT molecular complexity index is 336. The minimum absolute atomic E-state index is 0.363. The summed E-state index contributed by atoms with van der Waals surface area (Å²) in [5.41, 5.74) is 7.61. The van der Waals surface area contributed by atoms with Gasteiger partial charge in [-0.05, 0) is 5.92 Å². The summed E-state index contributed by atoms with van der Waals surface area (Å²) < 4.78 is 1.09. The van der Waals surface area contributed by atoms with E-state index >= 15 is 0 Å². The SMILES string of the molecule is C[C@H]1CC[N+](C)(Cc2ccccc2)C[C@H]1N. The highest BCUT2D eigenvalue weighted by atomic mass is 15.3. The minimum Gasteiger partial charge on any atom is -0.323 e. The molecule has 2 N–H and O–H groups in total. The van der Waals surface area contributed by atoms with Crippen LogP contribution in [-0.4, -0.2) is 30.7 Å². The van der Waals surface area contributed by atoms with Crippen LogP contribution in [0.5, 0.6) is 0 Å². The molecule has 1 unspecified atom stereocenters. The largest absolute Gasteiger partial charge is 0.323 e. The number of hydrogen-bond acceptors (Lipinski definition) is 1. The second kappa shape index (κ2) is 4.56. The van der Waals surface area contributed by atoms with Crippen LogP contribution in [0.4, 0.5) is 0 Å². The van der Waals surface area contributed by atoms with Crippen molar-refractivity contribution in [2.24, 2.45) is 11.7 Å². The zero-order valence-corrected chi connectivity index (χ0v) is 10.4. The molecule has 2 rings (SSSR count). The zero-order chi connectivity index (χ0) is 11.6. The second-order valence-corrected chi connectivity index (χ2v) is 5.60. The second-order valence-electron chi connectivity index (χ2n) is 5.60. The van der Waals surface area contributed by atoms with Gasteiger partial charge in [-0.2, -0.15) is 0 Å². The topological polar surface area (TPSA) is 26.0 Å². The number of nitrogens with two attached hydrogens (primary N) is 1. The third-order valence-corrected chi connectivity index (χ3v) is 3.91. The van der Waals surface area contributed by atoms with E-state index in [9.17, 15) is 0 Å². The fourth-order valence-electron chi connectivity index (χ4n) is 2.68. The van der Waals surface area contributed by atoms with Crippen LogP contribution in [0.3, 0.4) is 0 Å². The summed E-state index contributed by atoms with van der Waals surface area (Å²) >= 11 is 0. The molecule has 2 nitrogen and oxygen atoms in total. The van der Waals surface area contributed by atoms with E-state index in [0.717, 1.165) is 17.6 Å². The highest BCUT2D eigenvalue weighted by Gasteiger charge is 2.33. The van der Waals surface area contributed by atoms with Gasteiger partial charge in [0.15, 0.2) is 0 Å². The Morgan fingerprint density at radius 3 is 2.62 bits per heavy atom. The molecule has 1 aliphatic rings. The summed E-state index contributed by atoms with van der Waals surface area (Å²) in [6, 6.07) is 11.1. The van der Waals surface area contributed by atoms with Crippen molar-refractivity contribution < 1.29 is 4.48 Å². The Morgan fingerprint density at radius 1 is 1.31 bits per heavy atom. The Kier molecular flexibility index (Phi) is 3.31. The third kappa shape index (κ3) is 2.63. The molecule has 88 valence electrons. The fourth-order valence-corrected chi connectivity index (χ4v) is 2.68. The summed E-state index contributed by atoms with van der Waals surface area (Å²) in [4.78, 5) is 0. The van der Waals surface area contributed by atoms with Crippen molar-refractivity contribution >= 4 is 0 Å². The first-order valence-corrected chi connectivity index (χ1v) is 6.22. The van der Waals surface area contributed by atoms with Gasteiger partial charge in [-0.15, -0.1) is 0 Å². The first-order chi connectivity index (χ1) is 7.59. The summed E-state index contributed by atoms with van der Waals surface area (Å²) in [5.74, 6) is 0.682. The molecule has 3 atom stereocenters. The Labute approximate surface area is 98.7 Å². The Morgan fingerprint density at radius 2 is 2.00 bits per heavy atom. The van der Waals surface area contributed by atoms with E-state index in [0.29, 0.717) is 12.0 Å². The highest BCUT2D eigenvalue weighted by molar-refractivity contribution is 5.13. The molecule has 1 aromatic rings. The van der Waals surface area contributed by atoms with Crippen LogP contribution >= 0.6 is 0 Å². The lowest BCUT2D eigenvalue weighted by molar-refractivity contribution is -0.928. The van der Waals surface area contributed by atoms with E-state index in [2.05, 4.69) is 44.3 Å². The van der Waals surface area contributed by atoms with E-state index in [4.69, 9.17) is 5.73 Å². The van der Waals surface area contributed by atoms with Crippen LogP contribution in [-0.2, 0) is 6.54 Å². The van der Waals surface area contributed by atoms with Gasteiger partial charge >= 0.3 is 0 Å². The molecule has 0 saturated carbocycles. The smallest absolute Gasteiger partial charge is 0.104 e. The molecule has 0 aliphatic carbocycles. The van der Waals surface area contributed by atoms with Crippen molar-refractivity contribution in [2.45, 2.75) is 25.9 Å². The number of quaternary nitrogens is 1. The van der Waals surface area contributed by atoms with E-state index < -0.39 is 0 Å². The van der Waals surface area contributed by atoms with Gasteiger partial charge in [-0.25, -0.2) is 0 Å². The van der Waals surface area contributed by atoms with Crippen molar-refractivity contribution in [3.05, 3.63) is 35.9 Å². The van der Waals surface area contributed by atoms with Gasteiger partial charge in [-0.3, -0.25) is 0 Å². The molecule has 1 fully saturated rings. The normalized spacial score (nSPS) is 34.9. The van der Waals surface area contributed by atoms with Crippen LogP contribution in [0.25, 0.3) is 0 Å². The number of hydrogen-bond donors (Lipinski definition) is 1. The molecule has 0 bridgehead atoms. The molecule has 0 radical (unpaired) electrons. The van der Waals surface area contributed by atoms with Gasteiger partial charge in [0.05, 0.1) is 26.2 Å². The van der Waals surface area contributed by atoms with Gasteiger partial charge in [0.25, 0.3) is 0 Å². The van der Waals surface area contributed by atoms with E-state index in [1.165, 1.54) is 18.5 Å². The highest BCUT2D eigenvalue weighted by Crippen LogP contribution is 2.23. The maximum Gasteiger partial charge on any atom is 0.104 e. The molecule has 2 heteroatoms. The van der Waals surface area contributed by atoms with Crippen LogP contribution < -0.4 is 5.73 Å². The molecule has 0 amide bonds. The summed E-state index contributed by atoms with van der Waals surface area (Å²) in [5, 5.41) is 0. The zero-order valence-electron chi connectivity index (χ0n) is 10.4. The average Bonchev–Trinajstić information content (AvgIpc) is 2.25. The van der Waals surface area contributed by atoms with E-state index in [1.807, 2.05) is 0 Å².